The Morgan fingerprint density at radius 1 is 1.03 bits per heavy atom. The number of nitrogens with zero attached hydrogens (tertiary/aromatic N) is 5. The fraction of sp³-hybridized carbons (Fsp3) is 0.250. The van der Waals surface area contributed by atoms with E-state index in [1.165, 1.54) is 28.0 Å². The molecule has 0 saturated carbocycles. The highest BCUT2D eigenvalue weighted by molar-refractivity contribution is 7.15. The van der Waals surface area contributed by atoms with Gasteiger partial charge in [0.1, 0.15) is 16.4 Å². The normalized spacial score (nSPS) is 13.9. The lowest BCUT2D eigenvalue weighted by molar-refractivity contribution is -0.137. The van der Waals surface area contributed by atoms with Crippen LogP contribution in [0.1, 0.15) is 32.3 Å². The van der Waals surface area contributed by atoms with Crippen molar-refractivity contribution in [3.05, 3.63) is 86.8 Å². The lowest BCUT2D eigenvalue weighted by Gasteiger charge is -2.29. The lowest BCUT2D eigenvalue weighted by Crippen LogP contribution is -2.44. The number of benzene rings is 1. The predicted molar refractivity (Wildman–Crippen MR) is 125 cm³/mol. The van der Waals surface area contributed by atoms with Crippen LogP contribution in [-0.2, 0) is 19.3 Å². The van der Waals surface area contributed by atoms with Gasteiger partial charge in [0, 0.05) is 29.7 Å². The second-order valence-corrected chi connectivity index (χ2v) is 9.51. The van der Waals surface area contributed by atoms with Crippen LogP contribution in [0.3, 0.4) is 0 Å². The highest BCUT2D eigenvalue weighted by Gasteiger charge is 2.30. The molecule has 180 valence electrons. The Kier molecular flexibility index (Phi) is 5.59. The molecule has 0 N–H and O–H groups in total. The molecule has 0 bridgehead atoms. The van der Waals surface area contributed by atoms with Crippen molar-refractivity contribution in [3.8, 4) is 16.3 Å². The fourth-order valence-corrected chi connectivity index (χ4v) is 4.97. The molecule has 4 aromatic rings. The number of carbonyl (C=O) groups is 1. The number of halogens is 3. The van der Waals surface area contributed by atoms with Gasteiger partial charge >= 0.3 is 6.18 Å². The van der Waals surface area contributed by atoms with Gasteiger partial charge in [0.2, 0.25) is 0 Å². The van der Waals surface area contributed by atoms with Crippen LogP contribution >= 0.6 is 11.3 Å². The molecular weight excluding hydrogens is 479 g/mol. The summed E-state index contributed by atoms with van der Waals surface area (Å²) in [6.07, 6.45) is -1.08. The van der Waals surface area contributed by atoms with E-state index in [1.54, 1.807) is 34.1 Å². The summed E-state index contributed by atoms with van der Waals surface area (Å²) < 4.78 is 41.7. The molecule has 11 heteroatoms. The van der Waals surface area contributed by atoms with Gasteiger partial charge in [-0.2, -0.15) is 13.2 Å². The van der Waals surface area contributed by atoms with Crippen molar-refractivity contribution >= 4 is 17.2 Å². The van der Waals surface area contributed by atoms with Crippen LogP contribution in [0.5, 0.6) is 0 Å². The van der Waals surface area contributed by atoms with Gasteiger partial charge in [-0.25, -0.2) is 9.97 Å². The summed E-state index contributed by atoms with van der Waals surface area (Å²) in [7, 11) is 0. The number of rotatable bonds is 4. The highest BCUT2D eigenvalue weighted by atomic mass is 32.1. The first-order valence-electron chi connectivity index (χ1n) is 10.8. The van der Waals surface area contributed by atoms with Crippen LogP contribution < -0.4 is 5.56 Å². The Morgan fingerprint density at radius 3 is 2.43 bits per heavy atom. The number of alkyl halides is 3. The largest absolute Gasteiger partial charge is 0.416 e. The number of carbonyl (C=O) groups excluding carboxylic acids is 1. The number of hydrogen-bond acceptors (Lipinski definition) is 5. The molecule has 0 saturated heterocycles. The SMILES string of the molecule is Cc1cn(-c2ccc3n(c2=O)CCN(Cc2nc(-c4ccc(C(F)(F)F)cc4)sc2C)C3=O)cn1. The summed E-state index contributed by atoms with van der Waals surface area (Å²) in [5.74, 6) is -0.273. The maximum atomic E-state index is 13.2. The molecule has 4 heterocycles. The Hall–Kier alpha value is -3.73. The van der Waals surface area contributed by atoms with Crippen molar-refractivity contribution in [1.29, 1.82) is 0 Å². The van der Waals surface area contributed by atoms with Gasteiger partial charge in [-0.15, -0.1) is 11.3 Å². The van der Waals surface area contributed by atoms with Gasteiger partial charge in [0.25, 0.3) is 11.5 Å². The van der Waals surface area contributed by atoms with Gasteiger partial charge in [-0.1, -0.05) is 12.1 Å². The summed E-state index contributed by atoms with van der Waals surface area (Å²) in [5.41, 5.74) is 1.80. The summed E-state index contributed by atoms with van der Waals surface area (Å²) in [5, 5.41) is 0.590. The second kappa shape index (κ2) is 8.49. The second-order valence-electron chi connectivity index (χ2n) is 8.31. The number of amides is 1. The Labute approximate surface area is 202 Å². The van der Waals surface area contributed by atoms with E-state index in [1.807, 2.05) is 13.8 Å². The Balaban J connectivity index is 1.37. The van der Waals surface area contributed by atoms with Crippen LogP contribution in [0, 0.1) is 13.8 Å². The minimum Gasteiger partial charge on any atom is -0.330 e. The third-order valence-corrected chi connectivity index (χ3v) is 7.00. The van der Waals surface area contributed by atoms with Crippen LogP contribution in [0.2, 0.25) is 0 Å². The zero-order valence-electron chi connectivity index (χ0n) is 18.8. The molecule has 0 aliphatic carbocycles. The monoisotopic (exact) mass is 499 g/mol. The maximum Gasteiger partial charge on any atom is 0.416 e. The van der Waals surface area contributed by atoms with Crippen molar-refractivity contribution in [3.63, 3.8) is 0 Å². The number of pyridine rings is 1. The van der Waals surface area contributed by atoms with E-state index >= 15 is 0 Å². The molecule has 3 aromatic heterocycles. The van der Waals surface area contributed by atoms with Gasteiger partial charge in [-0.05, 0) is 38.1 Å². The molecule has 0 radical (unpaired) electrons. The number of aromatic nitrogens is 4. The average Bonchev–Trinajstić information content (AvgIpc) is 3.41. The average molecular weight is 500 g/mol. The molecule has 35 heavy (non-hydrogen) atoms. The van der Waals surface area contributed by atoms with Gasteiger partial charge in [0.15, 0.2) is 0 Å². The fourth-order valence-electron chi connectivity index (χ4n) is 4.04. The highest BCUT2D eigenvalue weighted by Crippen LogP contribution is 2.33. The topological polar surface area (TPSA) is 73.0 Å². The molecule has 1 aromatic carbocycles. The van der Waals surface area contributed by atoms with Crippen molar-refractivity contribution in [2.24, 2.45) is 0 Å². The number of fused-ring (bicyclic) bond motifs is 1. The summed E-state index contributed by atoms with van der Waals surface area (Å²) in [6.45, 7) is 4.63. The first-order valence-corrected chi connectivity index (χ1v) is 11.6. The van der Waals surface area contributed by atoms with Crippen molar-refractivity contribution in [2.75, 3.05) is 6.54 Å². The molecule has 5 rings (SSSR count). The lowest BCUT2D eigenvalue weighted by atomic mass is 10.1. The quantitative estimate of drug-likeness (QED) is 0.416. The molecular formula is C24H20F3N5O2S. The molecule has 1 aliphatic heterocycles. The van der Waals surface area contributed by atoms with E-state index < -0.39 is 11.7 Å². The molecule has 0 unspecified atom stereocenters. The van der Waals surface area contributed by atoms with Crippen molar-refractivity contribution in [1.82, 2.24) is 24.0 Å². The third-order valence-electron chi connectivity index (χ3n) is 5.94. The van der Waals surface area contributed by atoms with E-state index in [4.69, 9.17) is 0 Å². The standard InChI is InChI=1S/C24H20F3N5O2S/c1-14-11-31(13-28-14)19-7-8-20-22(33)30(9-10-32(20)23(19)34)12-18-15(2)35-21(29-18)16-3-5-17(6-4-16)24(25,26)27/h3-8,11,13H,9-10,12H2,1-2H3. The third kappa shape index (κ3) is 4.27. The summed E-state index contributed by atoms with van der Waals surface area (Å²) >= 11 is 1.37. The number of thiazole rings is 1. The van der Waals surface area contributed by atoms with Crippen LogP contribution in [0.4, 0.5) is 13.2 Å². The summed E-state index contributed by atoms with van der Waals surface area (Å²) in [4.78, 5) is 37.4. The molecule has 7 nitrogen and oxygen atoms in total. The van der Waals surface area contributed by atoms with Crippen LogP contribution in [-0.4, -0.2) is 36.5 Å². The Bertz CT molecular complexity index is 1480. The van der Waals surface area contributed by atoms with E-state index in [9.17, 15) is 22.8 Å². The van der Waals surface area contributed by atoms with Gasteiger partial charge in [0.05, 0.1) is 29.8 Å². The molecule has 0 atom stereocenters. The van der Waals surface area contributed by atoms with Crippen LogP contribution in [0.25, 0.3) is 16.3 Å². The maximum absolute atomic E-state index is 13.2. The first-order chi connectivity index (χ1) is 16.6. The first kappa shape index (κ1) is 23.0. The predicted octanol–water partition coefficient (Wildman–Crippen LogP) is 4.45. The summed E-state index contributed by atoms with van der Waals surface area (Å²) in [6, 6.07) is 8.13. The minimum atomic E-state index is -4.39. The van der Waals surface area contributed by atoms with Crippen molar-refractivity contribution < 1.29 is 18.0 Å². The van der Waals surface area contributed by atoms with E-state index in [0.29, 0.717) is 40.7 Å². The van der Waals surface area contributed by atoms with Crippen LogP contribution in [0.15, 0.2) is 53.7 Å². The number of aryl methyl sites for hydroxylation is 2. The Morgan fingerprint density at radius 2 is 1.77 bits per heavy atom. The zero-order valence-corrected chi connectivity index (χ0v) is 19.7. The molecule has 0 fully saturated rings. The van der Waals surface area contributed by atoms with E-state index in [0.717, 1.165) is 22.7 Å². The molecule has 1 amide bonds. The number of hydrogen-bond donors (Lipinski definition) is 0. The van der Waals surface area contributed by atoms with Crippen molar-refractivity contribution in [2.45, 2.75) is 33.1 Å². The van der Waals surface area contributed by atoms with E-state index in [2.05, 4.69) is 9.97 Å². The zero-order chi connectivity index (χ0) is 24.9. The van der Waals surface area contributed by atoms with E-state index in [-0.39, 0.29) is 18.0 Å². The molecule has 1 aliphatic rings. The van der Waals surface area contributed by atoms with Gasteiger partial charge < -0.3 is 14.0 Å². The number of imidazole rings is 1. The smallest absolute Gasteiger partial charge is 0.330 e. The minimum absolute atomic E-state index is 0.248. The van der Waals surface area contributed by atoms with Gasteiger partial charge in [-0.3, -0.25) is 9.59 Å². The molecule has 0 spiro atoms.